The molecule has 1 spiro atoms. The molecule has 2 aromatic rings. The lowest BCUT2D eigenvalue weighted by molar-refractivity contribution is -0.186. The number of aromatic nitrogens is 2. The highest BCUT2D eigenvalue weighted by molar-refractivity contribution is 8.00. The number of likely N-dealkylation sites (tertiary alicyclic amines) is 2. The Balaban J connectivity index is 1.19. The van der Waals surface area contributed by atoms with E-state index in [2.05, 4.69) is 10.2 Å². The smallest absolute Gasteiger partial charge is 0.390 e. The van der Waals surface area contributed by atoms with Gasteiger partial charge < -0.3 is 29.7 Å². The van der Waals surface area contributed by atoms with Crippen molar-refractivity contribution in [3.63, 3.8) is 0 Å². The molecule has 4 aliphatic rings. The van der Waals surface area contributed by atoms with E-state index in [1.54, 1.807) is 4.90 Å². The summed E-state index contributed by atoms with van der Waals surface area (Å²) < 4.78 is 55.2. The summed E-state index contributed by atoms with van der Waals surface area (Å²) in [6, 6.07) is 4.07. The maximum absolute atomic E-state index is 13.9. The average Bonchev–Trinajstić information content (AvgIpc) is 3.74. The molecule has 4 aliphatic heterocycles. The van der Waals surface area contributed by atoms with E-state index in [-0.39, 0.29) is 16.6 Å². The lowest BCUT2D eigenvalue weighted by Gasteiger charge is -2.38. The number of rotatable bonds is 8. The van der Waals surface area contributed by atoms with Gasteiger partial charge in [-0.25, -0.2) is 0 Å². The Kier molecular flexibility index (Phi) is 8.86. The number of nitrogens with one attached hydrogen (secondary N) is 1. The fourth-order valence-electron chi connectivity index (χ4n) is 6.44. The standard InChI is InChI=1S/C29H38F3N5O4S/c30-29(31,32)23-4-3-20(15-25(23)42-19-26(39)36-9-1-2-10-36)27-22-16-33-8-5-24(22)37(34-27)18-21(38)17-35-11-6-28(7-12-35)40-13-14-41-28/h3-4,15,21,33,38H,1-2,5-14,16-19H2. The second-order valence-corrected chi connectivity index (χ2v) is 12.5. The molecule has 5 heterocycles. The topological polar surface area (TPSA) is 92.1 Å². The van der Waals surface area contributed by atoms with Gasteiger partial charge in [0.1, 0.15) is 0 Å². The number of thioether (sulfide) groups is 1. The highest BCUT2D eigenvalue weighted by Gasteiger charge is 2.40. The van der Waals surface area contributed by atoms with Gasteiger partial charge in [-0.15, -0.1) is 11.8 Å². The van der Waals surface area contributed by atoms with Crippen LogP contribution in [0.2, 0.25) is 0 Å². The van der Waals surface area contributed by atoms with Gasteiger partial charge in [-0.3, -0.25) is 9.48 Å². The van der Waals surface area contributed by atoms with Gasteiger partial charge in [-0.2, -0.15) is 18.3 Å². The number of hydrogen-bond donors (Lipinski definition) is 2. The zero-order chi connectivity index (χ0) is 29.3. The SMILES string of the molecule is O=C(CSc1cc(-c2nn(CC(O)CN3CCC4(CC3)OCCO4)c3c2CNCC3)ccc1C(F)(F)F)N1CCCC1. The van der Waals surface area contributed by atoms with Gasteiger partial charge in [-0.1, -0.05) is 6.07 Å². The Hall–Kier alpha value is -2.16. The van der Waals surface area contributed by atoms with Crippen molar-refractivity contribution in [3.05, 3.63) is 35.0 Å². The minimum Gasteiger partial charge on any atom is -0.390 e. The average molecular weight is 610 g/mol. The molecule has 3 fully saturated rings. The fraction of sp³-hybridized carbons (Fsp3) is 0.655. The number of halogens is 3. The Labute approximate surface area is 247 Å². The number of fused-ring (bicyclic) bond motifs is 1. The predicted octanol–water partition coefficient (Wildman–Crippen LogP) is 3.13. The molecule has 42 heavy (non-hydrogen) atoms. The summed E-state index contributed by atoms with van der Waals surface area (Å²) >= 11 is 0.934. The highest BCUT2D eigenvalue weighted by atomic mass is 32.2. The molecular formula is C29H38F3N5O4S. The number of amides is 1. The zero-order valence-electron chi connectivity index (χ0n) is 23.6. The van der Waals surface area contributed by atoms with E-state index in [9.17, 15) is 23.1 Å². The summed E-state index contributed by atoms with van der Waals surface area (Å²) in [5, 5.41) is 19.2. The highest BCUT2D eigenvalue weighted by Crippen LogP contribution is 2.40. The van der Waals surface area contributed by atoms with Crippen LogP contribution < -0.4 is 5.32 Å². The summed E-state index contributed by atoms with van der Waals surface area (Å²) in [6.07, 6.45) is -1.09. The van der Waals surface area contributed by atoms with Crippen LogP contribution in [-0.4, -0.2) is 101 Å². The van der Waals surface area contributed by atoms with E-state index in [0.717, 1.165) is 74.4 Å². The van der Waals surface area contributed by atoms with Gasteiger partial charge in [0.05, 0.1) is 42.9 Å². The molecule has 0 aliphatic carbocycles. The number of nitrogens with zero attached hydrogens (tertiary/aromatic N) is 4. The molecule has 1 unspecified atom stereocenters. The van der Waals surface area contributed by atoms with Crippen LogP contribution in [0.25, 0.3) is 11.3 Å². The van der Waals surface area contributed by atoms with Gasteiger partial charge >= 0.3 is 6.18 Å². The van der Waals surface area contributed by atoms with Crippen LogP contribution in [0.4, 0.5) is 13.2 Å². The predicted molar refractivity (Wildman–Crippen MR) is 151 cm³/mol. The van der Waals surface area contributed by atoms with Gasteiger partial charge in [0.2, 0.25) is 5.91 Å². The molecular weight excluding hydrogens is 571 g/mol. The van der Waals surface area contributed by atoms with Crippen molar-refractivity contribution >= 4 is 17.7 Å². The van der Waals surface area contributed by atoms with Crippen molar-refractivity contribution in [1.29, 1.82) is 0 Å². The molecule has 1 amide bonds. The molecule has 1 aromatic heterocycles. The number of alkyl halides is 3. The Morgan fingerprint density at radius 2 is 1.86 bits per heavy atom. The van der Waals surface area contributed by atoms with Gasteiger partial charge in [0.25, 0.3) is 0 Å². The molecule has 1 aromatic carbocycles. The normalized spacial score (nSPS) is 21.7. The molecule has 1 atom stereocenters. The number of piperidine rings is 1. The number of ether oxygens (including phenoxy) is 2. The van der Waals surface area contributed by atoms with Crippen LogP contribution >= 0.6 is 11.8 Å². The number of hydrogen-bond acceptors (Lipinski definition) is 8. The van der Waals surface area contributed by atoms with E-state index >= 15 is 0 Å². The number of aliphatic hydroxyl groups is 1. The molecule has 0 bridgehead atoms. The Morgan fingerprint density at radius 3 is 2.57 bits per heavy atom. The number of aliphatic hydroxyl groups excluding tert-OH is 1. The van der Waals surface area contributed by atoms with E-state index < -0.39 is 23.6 Å². The first kappa shape index (κ1) is 29.9. The number of β-amino-alcohol motifs (C(OH)–C–C–N with tert-alkyl or cyclic N) is 1. The molecule has 0 radical (unpaired) electrons. The van der Waals surface area contributed by atoms with Crippen LogP contribution in [0, 0.1) is 0 Å². The summed E-state index contributed by atoms with van der Waals surface area (Å²) in [5.74, 6) is -0.643. The van der Waals surface area contributed by atoms with Gasteiger partial charge in [-0.05, 0) is 25.0 Å². The third kappa shape index (κ3) is 6.51. The maximum atomic E-state index is 13.9. The Bertz CT molecular complexity index is 1270. The van der Waals surface area contributed by atoms with Crippen LogP contribution in [0.15, 0.2) is 23.1 Å². The third-order valence-corrected chi connectivity index (χ3v) is 9.70. The van der Waals surface area contributed by atoms with Crippen LogP contribution in [0.3, 0.4) is 0 Å². The van der Waals surface area contributed by atoms with E-state index in [1.165, 1.54) is 12.1 Å². The van der Waals surface area contributed by atoms with Crippen molar-refractivity contribution in [2.24, 2.45) is 0 Å². The minimum absolute atomic E-state index is 0.0257. The lowest BCUT2D eigenvalue weighted by Crippen LogP contribution is -2.47. The number of carbonyl (C=O) groups is 1. The second-order valence-electron chi connectivity index (χ2n) is 11.5. The van der Waals surface area contributed by atoms with Crippen molar-refractivity contribution in [1.82, 2.24) is 24.9 Å². The molecule has 6 rings (SSSR count). The first-order valence-corrected chi connectivity index (χ1v) is 15.8. The number of benzene rings is 1. The van der Waals surface area contributed by atoms with Crippen molar-refractivity contribution in [3.8, 4) is 11.3 Å². The number of carbonyl (C=O) groups excluding carboxylic acids is 1. The lowest BCUT2D eigenvalue weighted by atomic mass is 10.0. The van der Waals surface area contributed by atoms with Gasteiger partial charge in [0, 0.05) is 86.8 Å². The second kappa shape index (κ2) is 12.4. The van der Waals surface area contributed by atoms with Gasteiger partial charge in [0.15, 0.2) is 5.79 Å². The fourth-order valence-corrected chi connectivity index (χ4v) is 7.45. The zero-order valence-corrected chi connectivity index (χ0v) is 24.4. The molecule has 2 N–H and O–H groups in total. The maximum Gasteiger partial charge on any atom is 0.417 e. The molecule has 230 valence electrons. The first-order chi connectivity index (χ1) is 20.2. The summed E-state index contributed by atoms with van der Waals surface area (Å²) in [7, 11) is 0. The van der Waals surface area contributed by atoms with Crippen molar-refractivity contribution < 1.29 is 32.5 Å². The molecule has 13 heteroatoms. The van der Waals surface area contributed by atoms with Crippen LogP contribution in [-0.2, 0) is 40.0 Å². The summed E-state index contributed by atoms with van der Waals surface area (Å²) in [5.41, 5.74) is 2.37. The van der Waals surface area contributed by atoms with Crippen LogP contribution in [0.1, 0.15) is 42.5 Å². The van der Waals surface area contributed by atoms with Crippen LogP contribution in [0.5, 0.6) is 0 Å². The summed E-state index contributed by atoms with van der Waals surface area (Å²) in [4.78, 5) is 16.6. The van der Waals surface area contributed by atoms with Crippen molar-refractivity contribution in [2.75, 3.05) is 58.2 Å². The molecule has 3 saturated heterocycles. The monoisotopic (exact) mass is 609 g/mol. The largest absolute Gasteiger partial charge is 0.417 e. The van der Waals surface area contributed by atoms with E-state index in [0.29, 0.717) is 63.6 Å². The van der Waals surface area contributed by atoms with E-state index in [4.69, 9.17) is 14.6 Å². The van der Waals surface area contributed by atoms with Crippen molar-refractivity contribution in [2.45, 2.75) is 68.2 Å². The minimum atomic E-state index is -4.54. The third-order valence-electron chi connectivity index (χ3n) is 8.66. The summed E-state index contributed by atoms with van der Waals surface area (Å²) in [6.45, 7) is 6.21. The molecule has 9 nitrogen and oxygen atoms in total. The quantitative estimate of drug-likeness (QED) is 0.442. The van der Waals surface area contributed by atoms with E-state index in [1.807, 2.05) is 4.68 Å². The Morgan fingerprint density at radius 1 is 1.12 bits per heavy atom. The molecule has 0 saturated carbocycles. The first-order valence-electron chi connectivity index (χ1n) is 14.8.